The third-order valence-electron chi connectivity index (χ3n) is 7.90. The molecule has 0 fully saturated rings. The van der Waals surface area contributed by atoms with Crippen molar-refractivity contribution in [2.45, 2.75) is 70.6 Å². The van der Waals surface area contributed by atoms with Crippen molar-refractivity contribution in [2.24, 2.45) is 5.92 Å². The third-order valence-corrected chi connectivity index (χ3v) is 27.0. The van der Waals surface area contributed by atoms with Crippen LogP contribution in [0.4, 0.5) is 0 Å². The summed E-state index contributed by atoms with van der Waals surface area (Å²) in [5.74, 6) is 0.610. The third kappa shape index (κ3) is 5.58. The van der Waals surface area contributed by atoms with Crippen LogP contribution in [0.15, 0.2) is 74.1 Å². The first-order valence-corrected chi connectivity index (χ1v) is 21.6. The van der Waals surface area contributed by atoms with Crippen LogP contribution in [0.25, 0.3) is 5.57 Å². The molecule has 2 aromatic carbocycles. The fourth-order valence-electron chi connectivity index (χ4n) is 5.95. The Morgan fingerprint density at radius 1 is 0.914 bits per heavy atom. The summed E-state index contributed by atoms with van der Waals surface area (Å²) < 4.78 is 2.46. The molecule has 188 valence electrons. The number of hydrogen-bond donors (Lipinski definition) is 0. The van der Waals surface area contributed by atoms with Crippen molar-refractivity contribution in [3.05, 3.63) is 95.8 Å². The van der Waals surface area contributed by atoms with Gasteiger partial charge < -0.3 is 0 Å². The van der Waals surface area contributed by atoms with E-state index in [1.807, 2.05) is 3.28 Å². The van der Waals surface area contributed by atoms with Gasteiger partial charge in [-0.15, -0.1) is 24.8 Å². The minimum absolute atomic E-state index is 0. The second kappa shape index (κ2) is 12.9. The Balaban J connectivity index is 0.00000216. The molecule has 0 aromatic heterocycles. The van der Waals surface area contributed by atoms with E-state index in [2.05, 4.69) is 96.2 Å². The van der Waals surface area contributed by atoms with Gasteiger partial charge in [-0.25, -0.2) is 0 Å². The van der Waals surface area contributed by atoms with Gasteiger partial charge in [0.05, 0.1) is 0 Å². The Kier molecular flexibility index (Phi) is 11.4. The van der Waals surface area contributed by atoms with Crippen molar-refractivity contribution in [1.29, 1.82) is 0 Å². The number of unbranched alkanes of at least 4 members (excludes halogenated alkanes) is 1. The van der Waals surface area contributed by atoms with Gasteiger partial charge in [-0.3, -0.25) is 0 Å². The summed E-state index contributed by atoms with van der Waals surface area (Å²) in [6, 6.07) is 17.8. The van der Waals surface area contributed by atoms with Crippen molar-refractivity contribution in [3.8, 4) is 0 Å². The first-order valence-electron chi connectivity index (χ1n) is 12.4. The molecular formula is C30H39Cl3SiZr. The zero-order chi connectivity index (χ0) is 23.9. The summed E-state index contributed by atoms with van der Waals surface area (Å²) >= 11 is 4.97. The largest absolute Gasteiger partial charge is 0.147 e. The van der Waals surface area contributed by atoms with Crippen LogP contribution in [0.3, 0.4) is 0 Å². The summed E-state index contributed by atoms with van der Waals surface area (Å²) in [5, 5.41) is 0.990. The van der Waals surface area contributed by atoms with Crippen molar-refractivity contribution in [3.63, 3.8) is 0 Å². The smallest absolute Gasteiger partial charge is 0.147 e. The fourth-order valence-corrected chi connectivity index (χ4v) is 27.0. The van der Waals surface area contributed by atoms with Crippen LogP contribution in [0.1, 0.15) is 74.2 Å². The van der Waals surface area contributed by atoms with Crippen LogP contribution < -0.4 is 0 Å². The average Bonchev–Trinajstić information content (AvgIpc) is 3.22. The normalized spacial score (nSPS) is 19.0. The Hall–Kier alpha value is -0.370. The quantitative estimate of drug-likeness (QED) is 0.281. The van der Waals surface area contributed by atoms with Gasteiger partial charge in [0, 0.05) is 0 Å². The van der Waals surface area contributed by atoms with Crippen LogP contribution in [0.5, 0.6) is 0 Å². The standard InChI is InChI=1S/C19H18Cl.C9H13.C2H6Si.2ClH.Zr/c1-2-3-8-15-13-17-16(11-7-12-18(17)20)19(15)14-9-5-4-6-10-14;1-6-5-7(2)9(4)8(6)3;1-3-2;;;/h4-7,9-13H,2-3,8H2,1H3;6H,1-4H3;1-2H3;2*1H;. The van der Waals surface area contributed by atoms with Gasteiger partial charge in [-0.1, -0.05) is 0 Å². The summed E-state index contributed by atoms with van der Waals surface area (Å²) in [7, 11) is 0. The Morgan fingerprint density at radius 2 is 1.57 bits per heavy atom. The number of halogens is 3. The molecule has 4 rings (SSSR count). The average molecular weight is 625 g/mol. The minimum atomic E-state index is -2.12. The van der Waals surface area contributed by atoms with Crippen molar-refractivity contribution in [1.82, 2.24) is 0 Å². The number of allylic oxidation sites excluding steroid dienone is 5. The van der Waals surface area contributed by atoms with Gasteiger partial charge in [0.25, 0.3) is 0 Å². The maximum Gasteiger partial charge on any atom is -0.147 e. The second-order valence-electron chi connectivity index (χ2n) is 9.99. The SMILES string of the molecule is CCCCC1=C(c2ccccc2)c2cccc(Cl)c2[CH]1[Zr]([C]1=C(C)C(C)=C(C)C1C)=[Si](C)C.Cl.Cl. The van der Waals surface area contributed by atoms with Crippen LogP contribution in [-0.2, 0) is 20.4 Å². The van der Waals surface area contributed by atoms with Crippen molar-refractivity contribution >= 4 is 47.4 Å². The molecule has 0 saturated heterocycles. The monoisotopic (exact) mass is 622 g/mol. The first kappa shape index (κ1) is 30.9. The summed E-state index contributed by atoms with van der Waals surface area (Å²) in [4.78, 5) is 0. The number of rotatable bonds is 6. The molecule has 35 heavy (non-hydrogen) atoms. The van der Waals surface area contributed by atoms with Crippen LogP contribution >= 0.6 is 36.4 Å². The number of hydrogen-bond acceptors (Lipinski definition) is 0. The predicted octanol–water partition coefficient (Wildman–Crippen LogP) is 10.4. The first-order chi connectivity index (χ1) is 15.8. The zero-order valence-electron chi connectivity index (χ0n) is 22.1. The molecule has 2 aliphatic carbocycles. The molecule has 2 atom stereocenters. The molecule has 0 spiro atoms. The van der Waals surface area contributed by atoms with E-state index in [-0.39, 0.29) is 24.8 Å². The molecular weight excluding hydrogens is 586 g/mol. The molecule has 2 unspecified atom stereocenters. The Labute approximate surface area is 238 Å². The fraction of sp³-hybridized carbons (Fsp3) is 0.400. The molecule has 0 saturated carbocycles. The Morgan fingerprint density at radius 3 is 2.11 bits per heavy atom. The molecule has 0 N–H and O–H groups in total. The number of fused-ring (bicyclic) bond motifs is 1. The van der Waals surface area contributed by atoms with Gasteiger partial charge in [0.15, 0.2) is 0 Å². The molecule has 0 aliphatic heterocycles. The van der Waals surface area contributed by atoms with Gasteiger partial charge in [-0.2, -0.15) is 0 Å². The van der Waals surface area contributed by atoms with Gasteiger partial charge in [0.1, 0.15) is 0 Å². The van der Waals surface area contributed by atoms with E-state index in [1.165, 1.54) is 41.5 Å². The maximum absolute atomic E-state index is 7.09. The van der Waals surface area contributed by atoms with E-state index in [0.29, 0.717) is 9.54 Å². The predicted molar refractivity (Wildman–Crippen MR) is 158 cm³/mol. The zero-order valence-corrected chi connectivity index (χ0v) is 27.9. The molecule has 0 amide bonds. The van der Waals surface area contributed by atoms with Crippen LogP contribution in [0.2, 0.25) is 18.1 Å². The second-order valence-corrected chi connectivity index (χ2v) is 27.7. The maximum atomic E-state index is 7.09. The van der Waals surface area contributed by atoms with E-state index in [4.69, 9.17) is 11.6 Å². The molecule has 0 bridgehead atoms. The minimum Gasteiger partial charge on any atom is -0.147 e. The molecule has 0 nitrogen and oxygen atoms in total. The van der Waals surface area contributed by atoms with E-state index in [0.717, 1.165) is 5.02 Å². The van der Waals surface area contributed by atoms with Crippen molar-refractivity contribution in [2.75, 3.05) is 0 Å². The van der Waals surface area contributed by atoms with Gasteiger partial charge in [0.2, 0.25) is 0 Å². The molecule has 0 heterocycles. The van der Waals surface area contributed by atoms with Gasteiger partial charge in [-0.05, 0) is 0 Å². The number of benzene rings is 2. The van der Waals surface area contributed by atoms with Gasteiger partial charge >= 0.3 is 215 Å². The Bertz CT molecular complexity index is 1220. The van der Waals surface area contributed by atoms with Crippen molar-refractivity contribution < 1.29 is 20.4 Å². The van der Waals surface area contributed by atoms with E-state index >= 15 is 0 Å². The van der Waals surface area contributed by atoms with E-state index in [1.54, 1.807) is 22.3 Å². The molecule has 5 heteroatoms. The van der Waals surface area contributed by atoms with E-state index in [9.17, 15) is 0 Å². The van der Waals surface area contributed by atoms with E-state index < -0.39 is 25.8 Å². The summed E-state index contributed by atoms with van der Waals surface area (Å²) in [6.07, 6.45) is 3.68. The summed E-state index contributed by atoms with van der Waals surface area (Å²) in [6.45, 7) is 17.1. The van der Waals surface area contributed by atoms with Crippen LogP contribution in [-0.4, -0.2) is 5.43 Å². The molecule has 2 aliphatic rings. The topological polar surface area (TPSA) is 0 Å². The summed E-state index contributed by atoms with van der Waals surface area (Å²) in [5.41, 5.74) is 11.8. The molecule has 2 aromatic rings. The van der Waals surface area contributed by atoms with Crippen LogP contribution in [0, 0.1) is 5.92 Å². The molecule has 0 radical (unpaired) electrons.